The molecular formula is C20H26F2N4O. The second-order valence-electron chi connectivity index (χ2n) is 7.99. The first-order valence-corrected chi connectivity index (χ1v) is 9.26. The molecule has 1 saturated heterocycles. The maximum atomic E-state index is 13.9. The Bertz CT molecular complexity index is 792. The molecule has 2 heterocycles. The van der Waals surface area contributed by atoms with Gasteiger partial charge in [-0.05, 0) is 24.6 Å². The van der Waals surface area contributed by atoms with E-state index in [4.69, 9.17) is 0 Å². The van der Waals surface area contributed by atoms with E-state index in [1.54, 1.807) is 12.3 Å². The maximum absolute atomic E-state index is 13.9. The van der Waals surface area contributed by atoms with E-state index in [2.05, 4.69) is 10.00 Å². The van der Waals surface area contributed by atoms with Gasteiger partial charge in [-0.3, -0.25) is 9.69 Å². The molecule has 0 atom stereocenters. The molecule has 2 aromatic rings. The van der Waals surface area contributed by atoms with Gasteiger partial charge in [0.25, 0.3) is 0 Å². The van der Waals surface area contributed by atoms with Crippen LogP contribution in [0.2, 0.25) is 0 Å². The van der Waals surface area contributed by atoms with Crippen LogP contribution in [0.15, 0.2) is 30.5 Å². The van der Waals surface area contributed by atoms with Gasteiger partial charge in [0.1, 0.15) is 5.69 Å². The molecule has 146 valence electrons. The van der Waals surface area contributed by atoms with Gasteiger partial charge in [-0.25, -0.2) is 13.5 Å². The number of benzene rings is 1. The number of nitrogens with zero attached hydrogens (tertiary/aromatic N) is 4. The number of para-hydroxylation sites is 1. The van der Waals surface area contributed by atoms with E-state index in [1.807, 2.05) is 25.7 Å². The van der Waals surface area contributed by atoms with E-state index in [0.717, 1.165) is 31.7 Å². The summed E-state index contributed by atoms with van der Waals surface area (Å²) >= 11 is 0. The Morgan fingerprint density at radius 1 is 1.07 bits per heavy atom. The van der Waals surface area contributed by atoms with Crippen molar-refractivity contribution in [1.29, 1.82) is 0 Å². The van der Waals surface area contributed by atoms with Crippen LogP contribution in [0.25, 0.3) is 5.69 Å². The maximum Gasteiger partial charge on any atom is 0.227 e. The van der Waals surface area contributed by atoms with Gasteiger partial charge < -0.3 is 4.90 Å². The normalized spacial score (nSPS) is 16.4. The van der Waals surface area contributed by atoms with Crippen LogP contribution in [0.3, 0.4) is 0 Å². The summed E-state index contributed by atoms with van der Waals surface area (Å²) in [5.41, 5.74) is 0.201. The van der Waals surface area contributed by atoms with Gasteiger partial charge >= 0.3 is 0 Å². The Kier molecular flexibility index (Phi) is 5.60. The Labute approximate surface area is 158 Å². The number of halogens is 2. The van der Waals surface area contributed by atoms with Gasteiger partial charge in [0.15, 0.2) is 11.6 Å². The van der Waals surface area contributed by atoms with Crippen molar-refractivity contribution in [2.24, 2.45) is 5.41 Å². The highest BCUT2D eigenvalue weighted by Gasteiger charge is 2.28. The molecule has 5 nitrogen and oxygen atoms in total. The van der Waals surface area contributed by atoms with Crippen LogP contribution in [-0.2, 0) is 11.3 Å². The summed E-state index contributed by atoms with van der Waals surface area (Å²) in [5, 5.41) is 4.33. The van der Waals surface area contributed by atoms with Gasteiger partial charge in [0.2, 0.25) is 5.91 Å². The molecule has 27 heavy (non-hydrogen) atoms. The number of hydrogen-bond donors (Lipinski definition) is 0. The first kappa shape index (κ1) is 19.5. The van der Waals surface area contributed by atoms with Crippen molar-refractivity contribution < 1.29 is 13.6 Å². The predicted octanol–water partition coefficient (Wildman–Crippen LogP) is 3.23. The third-order valence-electron chi connectivity index (χ3n) is 4.71. The molecule has 0 unspecified atom stereocenters. The zero-order valence-corrected chi connectivity index (χ0v) is 16.1. The molecule has 0 aliphatic carbocycles. The Morgan fingerprint density at radius 2 is 1.78 bits per heavy atom. The second-order valence-corrected chi connectivity index (χ2v) is 7.99. The van der Waals surface area contributed by atoms with Crippen molar-refractivity contribution in [3.8, 4) is 5.69 Å². The fourth-order valence-corrected chi connectivity index (χ4v) is 3.31. The average Bonchev–Trinajstić information content (AvgIpc) is 2.91. The van der Waals surface area contributed by atoms with E-state index in [1.165, 1.54) is 22.9 Å². The van der Waals surface area contributed by atoms with Crippen LogP contribution in [0, 0.1) is 17.0 Å². The van der Waals surface area contributed by atoms with Crippen molar-refractivity contribution in [1.82, 2.24) is 19.6 Å². The minimum absolute atomic E-state index is 0.165. The van der Waals surface area contributed by atoms with Gasteiger partial charge in [0, 0.05) is 44.3 Å². The first-order chi connectivity index (χ1) is 12.8. The lowest BCUT2D eigenvalue weighted by atomic mass is 9.94. The van der Waals surface area contributed by atoms with Gasteiger partial charge in [0.05, 0.1) is 5.69 Å². The summed E-state index contributed by atoms with van der Waals surface area (Å²) in [4.78, 5) is 16.6. The molecule has 7 heteroatoms. The lowest BCUT2D eigenvalue weighted by Crippen LogP contribution is -2.41. The third kappa shape index (κ3) is 4.53. The summed E-state index contributed by atoms with van der Waals surface area (Å²) in [6.07, 6.45) is 2.47. The van der Waals surface area contributed by atoms with Crippen LogP contribution < -0.4 is 0 Å². The molecule has 0 saturated carbocycles. The van der Waals surface area contributed by atoms with E-state index < -0.39 is 11.6 Å². The van der Waals surface area contributed by atoms with Crippen molar-refractivity contribution in [2.75, 3.05) is 26.2 Å². The zero-order valence-electron chi connectivity index (χ0n) is 16.1. The lowest BCUT2D eigenvalue weighted by Gasteiger charge is -2.28. The number of hydrogen-bond acceptors (Lipinski definition) is 3. The quantitative estimate of drug-likeness (QED) is 0.826. The zero-order chi connectivity index (χ0) is 19.6. The van der Waals surface area contributed by atoms with Gasteiger partial charge in [-0.1, -0.05) is 26.8 Å². The molecule has 0 bridgehead atoms. The molecule has 1 fully saturated rings. The fourth-order valence-electron chi connectivity index (χ4n) is 3.31. The highest BCUT2D eigenvalue weighted by atomic mass is 19.1. The van der Waals surface area contributed by atoms with Crippen LogP contribution in [0.1, 0.15) is 32.9 Å². The van der Waals surface area contributed by atoms with Crippen molar-refractivity contribution in [2.45, 2.75) is 33.7 Å². The summed E-state index contributed by atoms with van der Waals surface area (Å²) in [6, 6.07) is 5.54. The number of carbonyl (C=O) groups is 1. The van der Waals surface area contributed by atoms with E-state index in [-0.39, 0.29) is 17.0 Å². The van der Waals surface area contributed by atoms with Crippen LogP contribution in [0.5, 0.6) is 0 Å². The average molecular weight is 376 g/mol. The van der Waals surface area contributed by atoms with Crippen LogP contribution in [0.4, 0.5) is 8.78 Å². The molecule has 1 amide bonds. The summed E-state index contributed by atoms with van der Waals surface area (Å²) in [7, 11) is 0. The monoisotopic (exact) mass is 376 g/mol. The highest BCUT2D eigenvalue weighted by Crippen LogP contribution is 2.20. The second kappa shape index (κ2) is 7.76. The minimum atomic E-state index is -0.643. The Hall–Kier alpha value is -2.28. The summed E-state index contributed by atoms with van der Waals surface area (Å²) < 4.78 is 29.1. The first-order valence-electron chi connectivity index (χ1n) is 9.26. The Morgan fingerprint density at radius 3 is 2.44 bits per heavy atom. The van der Waals surface area contributed by atoms with E-state index in [9.17, 15) is 13.6 Å². The van der Waals surface area contributed by atoms with Crippen LogP contribution >= 0.6 is 0 Å². The summed E-state index contributed by atoms with van der Waals surface area (Å²) in [5.74, 6) is -1.12. The third-order valence-corrected chi connectivity index (χ3v) is 4.71. The number of rotatable bonds is 3. The number of amides is 1. The molecule has 1 aromatic heterocycles. The molecule has 1 aromatic carbocycles. The SMILES string of the molecule is CC(C)(C)C(=O)N1CCCN(Cc2ccn(-c3c(F)cccc3F)n2)CC1. The van der Waals surface area contributed by atoms with E-state index in [0.29, 0.717) is 13.1 Å². The fraction of sp³-hybridized carbons (Fsp3) is 0.500. The molecule has 0 spiro atoms. The molecule has 3 rings (SSSR count). The molecule has 0 radical (unpaired) electrons. The number of carbonyl (C=O) groups excluding carboxylic acids is 1. The van der Waals surface area contributed by atoms with Crippen molar-refractivity contribution in [3.05, 3.63) is 47.8 Å². The smallest absolute Gasteiger partial charge is 0.227 e. The topological polar surface area (TPSA) is 41.4 Å². The summed E-state index contributed by atoms with van der Waals surface area (Å²) in [6.45, 7) is 9.43. The number of aromatic nitrogens is 2. The molecule has 1 aliphatic rings. The lowest BCUT2D eigenvalue weighted by molar-refractivity contribution is -0.139. The van der Waals surface area contributed by atoms with Gasteiger partial charge in [-0.15, -0.1) is 0 Å². The molecule has 0 N–H and O–H groups in total. The largest absolute Gasteiger partial charge is 0.341 e. The van der Waals surface area contributed by atoms with Crippen molar-refractivity contribution in [3.63, 3.8) is 0 Å². The standard InChI is InChI=1S/C20H26F2N4O/c1-20(2,3)19(27)25-10-5-9-24(12-13-25)14-15-8-11-26(23-15)18-16(21)6-4-7-17(18)22/h4,6-8,11H,5,9-10,12-14H2,1-3H3. The molecular weight excluding hydrogens is 350 g/mol. The van der Waals surface area contributed by atoms with Crippen molar-refractivity contribution >= 4 is 5.91 Å². The van der Waals surface area contributed by atoms with Crippen LogP contribution in [-0.4, -0.2) is 51.7 Å². The minimum Gasteiger partial charge on any atom is -0.341 e. The van der Waals surface area contributed by atoms with Gasteiger partial charge in [-0.2, -0.15) is 5.10 Å². The Balaban J connectivity index is 1.65. The van der Waals surface area contributed by atoms with E-state index >= 15 is 0 Å². The highest BCUT2D eigenvalue weighted by molar-refractivity contribution is 5.81. The predicted molar refractivity (Wildman–Crippen MR) is 99.4 cm³/mol. The molecule has 1 aliphatic heterocycles.